The van der Waals surface area contributed by atoms with Crippen molar-refractivity contribution < 1.29 is 4.42 Å². The summed E-state index contributed by atoms with van der Waals surface area (Å²) in [6.07, 6.45) is 0. The molecule has 0 N–H and O–H groups in total. The Morgan fingerprint density at radius 1 is 0.411 bits per heavy atom. The van der Waals surface area contributed by atoms with Gasteiger partial charge in [0.15, 0.2) is 0 Å². The molecule has 9 aromatic carbocycles. The molecule has 0 spiro atoms. The van der Waals surface area contributed by atoms with Gasteiger partial charge in [-0.1, -0.05) is 140 Å². The molecule has 3 heterocycles. The normalized spacial score (nSPS) is 11.9. The molecule has 0 bridgehead atoms. The first-order chi connectivity index (χ1) is 27.8. The van der Waals surface area contributed by atoms with Crippen molar-refractivity contribution in [1.82, 2.24) is 4.57 Å². The van der Waals surface area contributed by atoms with E-state index in [9.17, 15) is 0 Å². The van der Waals surface area contributed by atoms with Gasteiger partial charge in [0.05, 0.1) is 38.5 Å². The third kappa shape index (κ3) is 4.51. The van der Waals surface area contributed by atoms with Crippen molar-refractivity contribution in [2.45, 2.75) is 0 Å². The van der Waals surface area contributed by atoms with Crippen LogP contribution in [0.4, 0.5) is 17.1 Å². The number of thiophene rings is 1. The van der Waals surface area contributed by atoms with Crippen molar-refractivity contribution in [3.05, 3.63) is 194 Å². The lowest BCUT2D eigenvalue weighted by Crippen LogP contribution is -2.14. The zero-order valence-electron chi connectivity index (χ0n) is 30.2. The predicted octanol–water partition coefficient (Wildman–Crippen LogP) is 15.3. The second-order valence-corrected chi connectivity index (χ2v) is 15.5. The average molecular weight is 733 g/mol. The van der Waals surface area contributed by atoms with Crippen LogP contribution < -0.4 is 4.90 Å². The van der Waals surface area contributed by atoms with Gasteiger partial charge in [0, 0.05) is 48.0 Å². The number of anilines is 3. The van der Waals surface area contributed by atoms with E-state index in [1.54, 1.807) is 0 Å². The van der Waals surface area contributed by atoms with Crippen molar-refractivity contribution in [2.24, 2.45) is 0 Å². The Labute approximate surface area is 326 Å². The van der Waals surface area contributed by atoms with E-state index < -0.39 is 0 Å². The summed E-state index contributed by atoms with van der Waals surface area (Å²) in [6, 6.07) is 70.2. The Bertz CT molecular complexity index is 3460. The van der Waals surface area contributed by atoms with Crippen LogP contribution in [0, 0.1) is 0 Å². The molecule has 0 aliphatic heterocycles. The lowest BCUT2D eigenvalue weighted by atomic mass is 9.96. The van der Waals surface area contributed by atoms with Gasteiger partial charge >= 0.3 is 0 Å². The highest BCUT2D eigenvalue weighted by molar-refractivity contribution is 7.26. The summed E-state index contributed by atoms with van der Waals surface area (Å²) in [6.45, 7) is 0. The number of benzene rings is 9. The number of hydrogen-bond donors (Lipinski definition) is 0. The predicted molar refractivity (Wildman–Crippen MR) is 239 cm³/mol. The van der Waals surface area contributed by atoms with Gasteiger partial charge in [-0.3, -0.25) is 0 Å². The van der Waals surface area contributed by atoms with Crippen LogP contribution in [0.15, 0.2) is 199 Å². The fourth-order valence-electron chi connectivity index (χ4n) is 9.00. The lowest BCUT2D eigenvalue weighted by molar-refractivity contribution is 0.673. The fourth-order valence-corrected chi connectivity index (χ4v) is 10.2. The quantitative estimate of drug-likeness (QED) is 0.176. The Morgan fingerprint density at radius 3 is 1.86 bits per heavy atom. The Hall–Kier alpha value is -7.14. The monoisotopic (exact) mass is 732 g/mol. The molecule has 0 saturated carbocycles. The van der Waals surface area contributed by atoms with Gasteiger partial charge in [-0.05, 0) is 65.5 Å². The minimum atomic E-state index is 0.882. The molecule has 12 aromatic rings. The molecule has 262 valence electrons. The largest absolute Gasteiger partial charge is 0.455 e. The molecule has 0 radical (unpaired) electrons. The maximum atomic E-state index is 6.72. The first kappa shape index (κ1) is 31.2. The molecule has 3 aromatic heterocycles. The van der Waals surface area contributed by atoms with Crippen molar-refractivity contribution >= 4 is 103 Å². The van der Waals surface area contributed by atoms with E-state index in [0.717, 1.165) is 61.2 Å². The number of fused-ring (bicyclic) bond motifs is 11. The number of hydrogen-bond acceptors (Lipinski definition) is 3. The molecule has 56 heavy (non-hydrogen) atoms. The van der Waals surface area contributed by atoms with Gasteiger partial charge in [-0.2, -0.15) is 0 Å². The van der Waals surface area contributed by atoms with Crippen LogP contribution in [0.2, 0.25) is 0 Å². The van der Waals surface area contributed by atoms with Crippen LogP contribution in [0.5, 0.6) is 0 Å². The van der Waals surface area contributed by atoms with Crippen LogP contribution in [0.1, 0.15) is 0 Å². The topological polar surface area (TPSA) is 21.3 Å². The van der Waals surface area contributed by atoms with Gasteiger partial charge in [0.25, 0.3) is 0 Å². The van der Waals surface area contributed by atoms with Crippen LogP contribution in [-0.2, 0) is 0 Å². The molecule has 0 saturated heterocycles. The van der Waals surface area contributed by atoms with E-state index in [1.807, 2.05) is 11.3 Å². The molecule has 0 aliphatic rings. The van der Waals surface area contributed by atoms with Gasteiger partial charge in [0.2, 0.25) is 0 Å². The van der Waals surface area contributed by atoms with Crippen molar-refractivity contribution in [3.63, 3.8) is 0 Å². The summed E-state index contributed by atoms with van der Waals surface area (Å²) >= 11 is 1.86. The molecule has 0 amide bonds. The zero-order chi connectivity index (χ0) is 36.7. The van der Waals surface area contributed by atoms with Gasteiger partial charge in [-0.15, -0.1) is 11.3 Å². The number of rotatable bonds is 5. The maximum Gasteiger partial charge on any atom is 0.143 e. The third-order valence-electron chi connectivity index (χ3n) is 11.4. The summed E-state index contributed by atoms with van der Waals surface area (Å²) in [5.74, 6) is 0. The Morgan fingerprint density at radius 2 is 1.02 bits per heavy atom. The van der Waals surface area contributed by atoms with Crippen LogP contribution in [-0.4, -0.2) is 4.57 Å². The first-order valence-electron chi connectivity index (χ1n) is 19.0. The van der Waals surface area contributed by atoms with E-state index in [2.05, 4.69) is 204 Å². The molecule has 0 atom stereocenters. The molecule has 3 nitrogen and oxygen atoms in total. The smallest absolute Gasteiger partial charge is 0.143 e. The van der Waals surface area contributed by atoms with Crippen molar-refractivity contribution in [3.8, 4) is 16.8 Å². The summed E-state index contributed by atoms with van der Waals surface area (Å²) in [5, 5.41) is 9.55. The minimum Gasteiger partial charge on any atom is -0.455 e. The molecule has 4 heteroatoms. The minimum absolute atomic E-state index is 0.882. The molecule has 0 unspecified atom stereocenters. The average Bonchev–Trinajstić information content (AvgIpc) is 3.95. The third-order valence-corrected chi connectivity index (χ3v) is 12.6. The number of para-hydroxylation sites is 5. The van der Waals surface area contributed by atoms with Gasteiger partial charge in [-0.25, -0.2) is 0 Å². The van der Waals surface area contributed by atoms with Crippen LogP contribution >= 0.6 is 11.3 Å². The summed E-state index contributed by atoms with van der Waals surface area (Å²) in [5.41, 5.74) is 10.8. The second-order valence-electron chi connectivity index (χ2n) is 14.4. The lowest BCUT2D eigenvalue weighted by Gasteiger charge is -2.30. The molecule has 0 fully saturated rings. The summed E-state index contributed by atoms with van der Waals surface area (Å²) in [7, 11) is 0. The van der Waals surface area contributed by atoms with Crippen LogP contribution in [0.25, 0.3) is 91.5 Å². The standard InChI is InChI=1S/C52H32N2OS/c1-2-16-34-33(15-1)31-32-41-50-39(21-14-29-48(50)55-51(34)41)37-19-5-9-25-44(37)54(47-28-13-22-40-38-20-6-12-30-49(38)56-52(40)47)46-27-11-10-26-45(46)53-42-23-7-3-17-35(42)36-18-4-8-24-43(36)53/h1-32H. The van der Waals surface area contributed by atoms with E-state index in [-0.39, 0.29) is 0 Å². The molecular weight excluding hydrogens is 701 g/mol. The molecule has 12 rings (SSSR count). The van der Waals surface area contributed by atoms with Crippen LogP contribution in [0.3, 0.4) is 0 Å². The first-order valence-corrected chi connectivity index (χ1v) is 19.8. The number of nitrogens with zero attached hydrogens (tertiary/aromatic N) is 2. The zero-order valence-corrected chi connectivity index (χ0v) is 31.0. The van der Waals surface area contributed by atoms with Gasteiger partial charge in [0.1, 0.15) is 11.2 Å². The highest BCUT2D eigenvalue weighted by atomic mass is 32.1. The van der Waals surface area contributed by atoms with E-state index >= 15 is 0 Å². The highest BCUT2D eigenvalue weighted by Gasteiger charge is 2.26. The Balaban J connectivity index is 1.19. The van der Waals surface area contributed by atoms with E-state index in [1.165, 1.54) is 47.4 Å². The van der Waals surface area contributed by atoms with Crippen molar-refractivity contribution in [1.29, 1.82) is 0 Å². The van der Waals surface area contributed by atoms with Gasteiger partial charge < -0.3 is 13.9 Å². The van der Waals surface area contributed by atoms with E-state index in [0.29, 0.717) is 0 Å². The summed E-state index contributed by atoms with van der Waals surface area (Å²) in [4.78, 5) is 2.50. The number of aromatic nitrogens is 1. The van der Waals surface area contributed by atoms with Crippen molar-refractivity contribution in [2.75, 3.05) is 4.90 Å². The second kappa shape index (κ2) is 12.2. The molecule has 0 aliphatic carbocycles. The summed E-state index contributed by atoms with van der Waals surface area (Å²) < 4.78 is 11.7. The number of furan rings is 1. The Kier molecular flexibility index (Phi) is 6.80. The highest BCUT2D eigenvalue weighted by Crippen LogP contribution is 2.50. The SMILES string of the molecule is c1ccc(N(c2ccccc2-n2c3ccccc3c3ccccc32)c2cccc3c2sc2ccccc23)c(-c2cccc3oc4c5ccccc5ccc4c23)c1. The maximum absolute atomic E-state index is 6.72. The van der Waals surface area contributed by atoms with E-state index in [4.69, 9.17) is 4.42 Å². The fraction of sp³-hybridized carbons (Fsp3) is 0. The molecular formula is C52H32N2OS.